The number of nitrogens with zero attached hydrogens (tertiary/aromatic N) is 2. The van der Waals surface area contributed by atoms with Gasteiger partial charge in [0.2, 0.25) is 0 Å². The van der Waals surface area contributed by atoms with Crippen molar-refractivity contribution < 1.29 is 4.79 Å². The van der Waals surface area contributed by atoms with Crippen molar-refractivity contribution in [3.63, 3.8) is 0 Å². The van der Waals surface area contributed by atoms with Crippen molar-refractivity contribution in [1.82, 2.24) is 10.3 Å². The van der Waals surface area contributed by atoms with Gasteiger partial charge in [-0.05, 0) is 45.7 Å². The highest BCUT2D eigenvalue weighted by molar-refractivity contribution is 5.94. The normalized spacial score (nSPS) is 17.3. The maximum Gasteiger partial charge on any atom is 0.253 e. The van der Waals surface area contributed by atoms with Crippen LogP contribution in [0.15, 0.2) is 18.3 Å². The Balaban J connectivity index is 2.02. The van der Waals surface area contributed by atoms with Crippen molar-refractivity contribution in [2.75, 3.05) is 18.0 Å². The fourth-order valence-electron chi connectivity index (χ4n) is 3.06. The smallest absolute Gasteiger partial charge is 0.253 e. The molecule has 1 heterocycles. The molecule has 4 heteroatoms. The fraction of sp³-hybridized carbons (Fsp3) is 0.647. The highest BCUT2D eigenvalue weighted by atomic mass is 16.1. The van der Waals surface area contributed by atoms with Gasteiger partial charge in [0.05, 0.1) is 5.56 Å². The van der Waals surface area contributed by atoms with Gasteiger partial charge in [0.1, 0.15) is 5.82 Å². The fourth-order valence-corrected chi connectivity index (χ4v) is 3.06. The molecule has 0 aliphatic heterocycles. The van der Waals surface area contributed by atoms with E-state index in [1.54, 1.807) is 6.20 Å². The largest absolute Gasteiger partial charge is 0.357 e. The second-order valence-corrected chi connectivity index (χ2v) is 6.15. The predicted molar refractivity (Wildman–Crippen MR) is 86.8 cm³/mol. The minimum absolute atomic E-state index is 0.00185. The Kier molecular flexibility index (Phi) is 5.21. The van der Waals surface area contributed by atoms with E-state index in [0.717, 1.165) is 31.7 Å². The molecule has 0 spiro atoms. The molecular formula is C17H27N3O. The number of amides is 1. The molecule has 116 valence electrons. The molecular weight excluding hydrogens is 262 g/mol. The maximum absolute atomic E-state index is 12.4. The van der Waals surface area contributed by atoms with Crippen LogP contribution in [0.3, 0.4) is 0 Å². The molecule has 1 fully saturated rings. The molecule has 0 radical (unpaired) electrons. The van der Waals surface area contributed by atoms with Crippen LogP contribution in [-0.2, 0) is 0 Å². The summed E-state index contributed by atoms with van der Waals surface area (Å²) in [5.74, 6) is 0.929. The number of carbonyl (C=O) groups is 1. The Morgan fingerprint density at radius 3 is 2.43 bits per heavy atom. The third-order valence-corrected chi connectivity index (χ3v) is 4.47. The van der Waals surface area contributed by atoms with Gasteiger partial charge < -0.3 is 10.2 Å². The zero-order valence-electron chi connectivity index (χ0n) is 13.5. The molecule has 0 unspecified atom stereocenters. The summed E-state index contributed by atoms with van der Waals surface area (Å²) >= 11 is 0. The number of hydrogen-bond donors (Lipinski definition) is 1. The number of anilines is 1. The molecule has 0 atom stereocenters. The van der Waals surface area contributed by atoms with Gasteiger partial charge >= 0.3 is 0 Å². The van der Waals surface area contributed by atoms with Crippen LogP contribution in [0.5, 0.6) is 0 Å². The van der Waals surface area contributed by atoms with Crippen molar-refractivity contribution in [3.05, 3.63) is 23.9 Å². The summed E-state index contributed by atoms with van der Waals surface area (Å²) in [6.07, 6.45) is 7.53. The second kappa shape index (κ2) is 6.92. The number of aromatic nitrogens is 1. The molecule has 1 saturated carbocycles. The van der Waals surface area contributed by atoms with Crippen LogP contribution >= 0.6 is 0 Å². The molecule has 1 aliphatic carbocycles. The molecule has 1 aromatic rings. The molecule has 2 rings (SSSR count). The van der Waals surface area contributed by atoms with E-state index in [-0.39, 0.29) is 11.4 Å². The van der Waals surface area contributed by atoms with Crippen LogP contribution in [0.2, 0.25) is 0 Å². The van der Waals surface area contributed by atoms with Gasteiger partial charge in [0, 0.05) is 24.8 Å². The highest BCUT2D eigenvalue weighted by Gasteiger charge is 2.28. The summed E-state index contributed by atoms with van der Waals surface area (Å²) in [6.45, 7) is 8.22. The lowest BCUT2D eigenvalue weighted by atomic mass is 9.83. The van der Waals surface area contributed by atoms with Crippen LogP contribution in [0.1, 0.15) is 63.2 Å². The van der Waals surface area contributed by atoms with Gasteiger partial charge in [0.25, 0.3) is 5.91 Å². The van der Waals surface area contributed by atoms with E-state index in [2.05, 4.69) is 36.0 Å². The SMILES string of the molecule is CCN(CC)c1ccc(C(=O)NC2(C)CCCCC2)cn1. The summed E-state index contributed by atoms with van der Waals surface area (Å²) in [6, 6.07) is 3.81. The second-order valence-electron chi connectivity index (χ2n) is 6.15. The van der Waals surface area contributed by atoms with E-state index < -0.39 is 0 Å². The minimum atomic E-state index is -0.0487. The quantitative estimate of drug-likeness (QED) is 0.904. The summed E-state index contributed by atoms with van der Waals surface area (Å²) in [7, 11) is 0. The summed E-state index contributed by atoms with van der Waals surface area (Å²) < 4.78 is 0. The van der Waals surface area contributed by atoms with E-state index in [1.807, 2.05) is 12.1 Å². The Morgan fingerprint density at radius 1 is 1.24 bits per heavy atom. The first-order valence-corrected chi connectivity index (χ1v) is 8.11. The Bertz CT molecular complexity index is 459. The lowest BCUT2D eigenvalue weighted by molar-refractivity contribution is 0.0882. The van der Waals surface area contributed by atoms with Gasteiger partial charge in [-0.15, -0.1) is 0 Å². The van der Waals surface area contributed by atoms with E-state index in [0.29, 0.717) is 5.56 Å². The van der Waals surface area contributed by atoms with Crippen LogP contribution < -0.4 is 10.2 Å². The van der Waals surface area contributed by atoms with Crippen molar-refractivity contribution in [2.24, 2.45) is 0 Å². The lowest BCUT2D eigenvalue weighted by Gasteiger charge is -2.34. The molecule has 0 saturated heterocycles. The van der Waals surface area contributed by atoms with Crippen molar-refractivity contribution in [1.29, 1.82) is 0 Å². The molecule has 1 N–H and O–H groups in total. The van der Waals surface area contributed by atoms with Crippen LogP contribution in [0.25, 0.3) is 0 Å². The van der Waals surface area contributed by atoms with Gasteiger partial charge in [-0.2, -0.15) is 0 Å². The van der Waals surface area contributed by atoms with Crippen molar-refractivity contribution >= 4 is 11.7 Å². The zero-order chi connectivity index (χ0) is 15.3. The van der Waals surface area contributed by atoms with E-state index in [4.69, 9.17) is 0 Å². The first-order chi connectivity index (χ1) is 10.1. The molecule has 1 aliphatic rings. The summed E-state index contributed by atoms with van der Waals surface area (Å²) in [5, 5.41) is 3.20. The first-order valence-electron chi connectivity index (χ1n) is 8.11. The van der Waals surface area contributed by atoms with Gasteiger partial charge in [-0.1, -0.05) is 19.3 Å². The van der Waals surface area contributed by atoms with Crippen molar-refractivity contribution in [3.8, 4) is 0 Å². The van der Waals surface area contributed by atoms with Crippen LogP contribution in [-0.4, -0.2) is 29.5 Å². The Labute approximate surface area is 127 Å². The number of rotatable bonds is 5. The molecule has 21 heavy (non-hydrogen) atoms. The van der Waals surface area contributed by atoms with E-state index in [1.165, 1.54) is 19.3 Å². The number of pyridine rings is 1. The van der Waals surface area contributed by atoms with Gasteiger partial charge in [0.15, 0.2) is 0 Å². The average Bonchev–Trinajstić information content (AvgIpc) is 2.49. The molecule has 1 amide bonds. The van der Waals surface area contributed by atoms with E-state index >= 15 is 0 Å². The molecule has 1 aromatic heterocycles. The molecule has 0 bridgehead atoms. The first kappa shape index (κ1) is 15.8. The highest BCUT2D eigenvalue weighted by Crippen LogP contribution is 2.27. The molecule has 0 aromatic carbocycles. The van der Waals surface area contributed by atoms with Gasteiger partial charge in [-0.25, -0.2) is 4.98 Å². The summed E-state index contributed by atoms with van der Waals surface area (Å²) in [5.41, 5.74) is 0.602. The topological polar surface area (TPSA) is 45.2 Å². The molecule has 4 nitrogen and oxygen atoms in total. The van der Waals surface area contributed by atoms with E-state index in [9.17, 15) is 4.79 Å². The number of nitrogens with one attached hydrogen (secondary N) is 1. The zero-order valence-corrected chi connectivity index (χ0v) is 13.5. The van der Waals surface area contributed by atoms with Crippen LogP contribution in [0, 0.1) is 0 Å². The standard InChI is InChI=1S/C17H27N3O/c1-4-20(5-2)15-10-9-14(13-18-15)16(21)19-17(3)11-7-6-8-12-17/h9-10,13H,4-8,11-12H2,1-3H3,(H,19,21). The Hall–Kier alpha value is -1.58. The van der Waals surface area contributed by atoms with Gasteiger partial charge in [-0.3, -0.25) is 4.79 Å². The van der Waals surface area contributed by atoms with Crippen LogP contribution in [0.4, 0.5) is 5.82 Å². The third-order valence-electron chi connectivity index (χ3n) is 4.47. The average molecular weight is 289 g/mol. The summed E-state index contributed by atoms with van der Waals surface area (Å²) in [4.78, 5) is 19.0. The maximum atomic E-state index is 12.4. The third kappa shape index (κ3) is 3.96. The van der Waals surface area contributed by atoms with Crippen molar-refractivity contribution in [2.45, 2.75) is 58.4 Å². The minimum Gasteiger partial charge on any atom is -0.357 e. The Morgan fingerprint density at radius 2 is 1.90 bits per heavy atom. The number of carbonyl (C=O) groups excluding carboxylic acids is 1. The monoisotopic (exact) mass is 289 g/mol. The lowest BCUT2D eigenvalue weighted by Crippen LogP contribution is -2.47. The number of hydrogen-bond acceptors (Lipinski definition) is 3. The predicted octanol–water partition coefficient (Wildman–Crippen LogP) is 3.38.